The van der Waals surface area contributed by atoms with Gasteiger partial charge in [0.15, 0.2) is 0 Å². The first-order chi connectivity index (χ1) is 5.33. The Labute approximate surface area is 68.6 Å². The van der Waals surface area contributed by atoms with Crippen LogP contribution in [0.1, 0.15) is 19.8 Å². The molecule has 0 aromatic carbocycles. The van der Waals surface area contributed by atoms with Crippen LogP contribution in [0.2, 0.25) is 0 Å². The zero-order chi connectivity index (χ0) is 8.10. The Hall–Kier alpha value is -0.340. The summed E-state index contributed by atoms with van der Waals surface area (Å²) >= 11 is 0. The number of piperidine rings is 1. The van der Waals surface area contributed by atoms with Gasteiger partial charge in [0.1, 0.15) is 0 Å². The predicted octanol–water partition coefficient (Wildman–Crippen LogP) is 1.33. The van der Waals surface area contributed by atoms with E-state index in [0.29, 0.717) is 6.10 Å². The molecule has 0 aliphatic carbocycles. The number of hydrogen-bond acceptors (Lipinski definition) is 2. The van der Waals surface area contributed by atoms with Gasteiger partial charge in [-0.15, -0.1) is 6.58 Å². The van der Waals surface area contributed by atoms with Crippen molar-refractivity contribution in [3.05, 3.63) is 12.7 Å². The maximum atomic E-state index is 5.68. The van der Waals surface area contributed by atoms with Crippen molar-refractivity contribution in [2.24, 2.45) is 0 Å². The monoisotopic (exact) mass is 155 g/mol. The highest BCUT2D eigenvalue weighted by molar-refractivity contribution is 4.78. The van der Waals surface area contributed by atoms with Gasteiger partial charge in [0.2, 0.25) is 0 Å². The Morgan fingerprint density at radius 2 is 2.18 bits per heavy atom. The molecular weight excluding hydrogens is 138 g/mol. The molecule has 0 spiro atoms. The standard InChI is InChI=1S/C9H17NO/c1-3-8(2)11-9-4-6-10-7-5-9/h3,8-10H,1,4-7H2,2H3. The molecule has 0 saturated carbocycles. The predicted molar refractivity (Wildman–Crippen MR) is 46.6 cm³/mol. The van der Waals surface area contributed by atoms with E-state index in [0.717, 1.165) is 25.9 Å². The SMILES string of the molecule is C=CC(C)OC1CCNCC1. The van der Waals surface area contributed by atoms with Crippen LogP contribution in [0.25, 0.3) is 0 Å². The van der Waals surface area contributed by atoms with E-state index in [1.54, 1.807) is 0 Å². The average molecular weight is 155 g/mol. The van der Waals surface area contributed by atoms with Crippen LogP contribution in [0.4, 0.5) is 0 Å². The molecule has 0 amide bonds. The normalized spacial score (nSPS) is 23.0. The lowest BCUT2D eigenvalue weighted by molar-refractivity contribution is 0.00552. The zero-order valence-corrected chi connectivity index (χ0v) is 7.18. The van der Waals surface area contributed by atoms with E-state index in [2.05, 4.69) is 11.9 Å². The summed E-state index contributed by atoms with van der Waals surface area (Å²) in [5.74, 6) is 0. The van der Waals surface area contributed by atoms with Crippen LogP contribution in [-0.4, -0.2) is 25.3 Å². The van der Waals surface area contributed by atoms with Crippen LogP contribution in [-0.2, 0) is 4.74 Å². The fourth-order valence-electron chi connectivity index (χ4n) is 1.29. The van der Waals surface area contributed by atoms with Crippen molar-refractivity contribution in [2.75, 3.05) is 13.1 Å². The molecule has 11 heavy (non-hydrogen) atoms. The second kappa shape index (κ2) is 4.52. The Morgan fingerprint density at radius 3 is 2.73 bits per heavy atom. The lowest BCUT2D eigenvalue weighted by atomic mass is 10.1. The van der Waals surface area contributed by atoms with E-state index in [1.807, 2.05) is 13.0 Å². The summed E-state index contributed by atoms with van der Waals surface area (Å²) in [4.78, 5) is 0. The molecule has 1 saturated heterocycles. The van der Waals surface area contributed by atoms with Gasteiger partial charge in [0.25, 0.3) is 0 Å². The molecule has 1 atom stereocenters. The van der Waals surface area contributed by atoms with E-state index in [1.165, 1.54) is 0 Å². The maximum absolute atomic E-state index is 5.68. The molecule has 0 radical (unpaired) electrons. The molecule has 2 heteroatoms. The van der Waals surface area contributed by atoms with Crippen molar-refractivity contribution in [2.45, 2.75) is 32.0 Å². The zero-order valence-electron chi connectivity index (χ0n) is 7.18. The molecule has 0 aromatic heterocycles. The smallest absolute Gasteiger partial charge is 0.0728 e. The minimum atomic E-state index is 0.207. The summed E-state index contributed by atoms with van der Waals surface area (Å²) in [5.41, 5.74) is 0. The highest BCUT2D eigenvalue weighted by Gasteiger charge is 2.14. The van der Waals surface area contributed by atoms with E-state index in [4.69, 9.17) is 4.74 Å². The van der Waals surface area contributed by atoms with Gasteiger partial charge < -0.3 is 10.1 Å². The fraction of sp³-hybridized carbons (Fsp3) is 0.778. The molecule has 1 N–H and O–H groups in total. The summed E-state index contributed by atoms with van der Waals surface area (Å²) in [5, 5.41) is 3.30. The second-order valence-corrected chi connectivity index (χ2v) is 3.03. The molecule has 2 nitrogen and oxygen atoms in total. The van der Waals surface area contributed by atoms with Crippen LogP contribution in [0, 0.1) is 0 Å². The maximum Gasteiger partial charge on any atom is 0.0728 e. The summed E-state index contributed by atoms with van der Waals surface area (Å²) in [7, 11) is 0. The van der Waals surface area contributed by atoms with Gasteiger partial charge in [-0.25, -0.2) is 0 Å². The fourth-order valence-corrected chi connectivity index (χ4v) is 1.29. The van der Waals surface area contributed by atoms with Gasteiger partial charge in [-0.3, -0.25) is 0 Å². The molecular formula is C9H17NO. The van der Waals surface area contributed by atoms with Crippen LogP contribution < -0.4 is 5.32 Å². The minimum absolute atomic E-state index is 0.207. The van der Waals surface area contributed by atoms with Gasteiger partial charge in [-0.05, 0) is 32.9 Å². The molecule has 1 aliphatic heterocycles. The minimum Gasteiger partial charge on any atom is -0.371 e. The summed E-state index contributed by atoms with van der Waals surface area (Å²) in [6, 6.07) is 0. The quantitative estimate of drug-likeness (QED) is 0.621. The van der Waals surface area contributed by atoms with Crippen molar-refractivity contribution < 1.29 is 4.74 Å². The Morgan fingerprint density at radius 1 is 1.55 bits per heavy atom. The number of ether oxygens (including phenoxy) is 1. The molecule has 0 aromatic rings. The Bertz CT molecular complexity index is 119. The molecule has 64 valence electrons. The van der Waals surface area contributed by atoms with Crippen LogP contribution in [0.5, 0.6) is 0 Å². The lowest BCUT2D eigenvalue weighted by Crippen LogP contribution is -2.33. The third-order valence-corrected chi connectivity index (χ3v) is 2.03. The molecule has 1 unspecified atom stereocenters. The lowest BCUT2D eigenvalue weighted by Gasteiger charge is -2.24. The van der Waals surface area contributed by atoms with Crippen LogP contribution in [0.3, 0.4) is 0 Å². The Kier molecular flexibility index (Phi) is 3.60. The van der Waals surface area contributed by atoms with Crippen molar-refractivity contribution in [1.82, 2.24) is 5.32 Å². The van der Waals surface area contributed by atoms with E-state index in [-0.39, 0.29) is 6.10 Å². The average Bonchev–Trinajstić information content (AvgIpc) is 2.06. The van der Waals surface area contributed by atoms with Crippen molar-refractivity contribution in [3.8, 4) is 0 Å². The number of rotatable bonds is 3. The summed E-state index contributed by atoms with van der Waals surface area (Å²) < 4.78 is 5.68. The molecule has 1 aliphatic rings. The number of nitrogens with one attached hydrogen (secondary N) is 1. The molecule has 0 bridgehead atoms. The summed E-state index contributed by atoms with van der Waals surface area (Å²) in [6.07, 6.45) is 4.78. The van der Waals surface area contributed by atoms with Crippen molar-refractivity contribution in [3.63, 3.8) is 0 Å². The highest BCUT2D eigenvalue weighted by Crippen LogP contribution is 2.09. The first kappa shape index (κ1) is 8.75. The van der Waals surface area contributed by atoms with Gasteiger partial charge >= 0.3 is 0 Å². The van der Waals surface area contributed by atoms with E-state index >= 15 is 0 Å². The molecule has 1 heterocycles. The van der Waals surface area contributed by atoms with Gasteiger partial charge in [0, 0.05) is 0 Å². The largest absolute Gasteiger partial charge is 0.371 e. The van der Waals surface area contributed by atoms with Crippen molar-refractivity contribution >= 4 is 0 Å². The second-order valence-electron chi connectivity index (χ2n) is 3.03. The van der Waals surface area contributed by atoms with Crippen molar-refractivity contribution in [1.29, 1.82) is 0 Å². The van der Waals surface area contributed by atoms with Crippen LogP contribution in [0.15, 0.2) is 12.7 Å². The highest BCUT2D eigenvalue weighted by atomic mass is 16.5. The van der Waals surface area contributed by atoms with E-state index < -0.39 is 0 Å². The topological polar surface area (TPSA) is 21.3 Å². The first-order valence-corrected chi connectivity index (χ1v) is 4.31. The third kappa shape index (κ3) is 3.04. The molecule has 1 fully saturated rings. The van der Waals surface area contributed by atoms with E-state index in [9.17, 15) is 0 Å². The van der Waals surface area contributed by atoms with Gasteiger partial charge in [0.05, 0.1) is 12.2 Å². The molecule has 1 rings (SSSR count). The summed E-state index contributed by atoms with van der Waals surface area (Å²) in [6.45, 7) is 7.91. The van der Waals surface area contributed by atoms with Gasteiger partial charge in [-0.2, -0.15) is 0 Å². The Balaban J connectivity index is 2.18. The number of hydrogen-bond donors (Lipinski definition) is 1. The van der Waals surface area contributed by atoms with Crippen LogP contribution >= 0.6 is 0 Å². The third-order valence-electron chi connectivity index (χ3n) is 2.03. The van der Waals surface area contributed by atoms with Gasteiger partial charge in [-0.1, -0.05) is 6.08 Å². The first-order valence-electron chi connectivity index (χ1n) is 4.31.